The first-order valence-electron chi connectivity index (χ1n) is 14.6. The minimum Gasteiger partial charge on any atom is -0.465 e. The molecule has 3 N–H and O–H groups in total. The Morgan fingerprint density at radius 1 is 0.909 bits per heavy atom. The lowest BCUT2D eigenvalue weighted by Gasteiger charge is -2.42. The van der Waals surface area contributed by atoms with E-state index in [1.54, 1.807) is 24.3 Å². The maximum Gasteiger partial charge on any atom is 0.338 e. The van der Waals surface area contributed by atoms with Gasteiger partial charge in [0.1, 0.15) is 17.2 Å². The Hall–Kier alpha value is -3.45. The van der Waals surface area contributed by atoms with Gasteiger partial charge in [-0.1, -0.05) is 41.5 Å². The summed E-state index contributed by atoms with van der Waals surface area (Å²) in [7, 11) is -4.24. The fourth-order valence-electron chi connectivity index (χ4n) is 5.74. The monoisotopic (exact) mass is 644 g/mol. The maximum atomic E-state index is 12.9. The zero-order chi connectivity index (χ0) is 32.8. The number of aliphatic hydroxyl groups excluding tert-OH is 1. The van der Waals surface area contributed by atoms with Crippen molar-refractivity contribution in [2.24, 2.45) is 0 Å². The summed E-state index contributed by atoms with van der Waals surface area (Å²) >= 11 is 0. The number of H-pyrrole nitrogens is 1. The number of amides is 1. The normalized spacial score (nSPS) is 12.9. The highest BCUT2D eigenvalue weighted by molar-refractivity contribution is 7.90. The van der Waals surface area contributed by atoms with Crippen molar-refractivity contribution >= 4 is 30.0 Å². The molecule has 0 saturated heterocycles. The Labute approximate surface area is 261 Å². The van der Waals surface area contributed by atoms with Crippen molar-refractivity contribution in [1.82, 2.24) is 10.3 Å². The molecule has 1 atom stereocenters. The molecule has 0 fully saturated rings. The summed E-state index contributed by atoms with van der Waals surface area (Å²) in [5.74, 6) is -0.302. The molecule has 1 heterocycles. The van der Waals surface area contributed by atoms with E-state index >= 15 is 0 Å². The molecule has 0 radical (unpaired) electrons. The highest BCUT2D eigenvalue weighted by Gasteiger charge is 2.45. The Kier molecular flexibility index (Phi) is 11.6. The Bertz CT molecular complexity index is 1530. The number of aliphatic hydroxyl groups is 1. The second kappa shape index (κ2) is 14.6. The van der Waals surface area contributed by atoms with Crippen LogP contribution >= 0.6 is 0 Å². The molecule has 1 aromatic heterocycles. The van der Waals surface area contributed by atoms with Crippen LogP contribution in [0.4, 0.5) is 0 Å². The third-order valence-electron chi connectivity index (χ3n) is 7.79. The Morgan fingerprint density at radius 3 is 2.07 bits per heavy atom. The number of hydrogen-bond donors (Lipinski definition) is 3. The van der Waals surface area contributed by atoms with E-state index in [9.17, 15) is 23.1 Å². The van der Waals surface area contributed by atoms with Crippen molar-refractivity contribution in [3.05, 3.63) is 65.9 Å². The van der Waals surface area contributed by atoms with Gasteiger partial charge in [-0.25, -0.2) is 13.2 Å². The van der Waals surface area contributed by atoms with Crippen molar-refractivity contribution in [3.8, 4) is 22.8 Å². The molecular weight excluding hydrogens is 601 g/mol. The number of benzene rings is 2. The zero-order valence-electron chi connectivity index (χ0n) is 26.6. The van der Waals surface area contributed by atoms with Crippen molar-refractivity contribution in [1.29, 1.82) is 0 Å². The molecule has 0 aliphatic rings. The summed E-state index contributed by atoms with van der Waals surface area (Å²) < 4.78 is 40.8. The Morgan fingerprint density at radius 2 is 1.52 bits per heavy atom. The quantitative estimate of drug-likeness (QED) is 0.144. The van der Waals surface area contributed by atoms with Crippen molar-refractivity contribution < 1.29 is 37.0 Å². The number of esters is 1. The number of sulfone groups is 1. The van der Waals surface area contributed by atoms with Crippen LogP contribution in [0.25, 0.3) is 11.3 Å². The van der Waals surface area contributed by atoms with Gasteiger partial charge < -0.3 is 29.3 Å². The van der Waals surface area contributed by atoms with Crippen LogP contribution in [0.5, 0.6) is 11.5 Å². The van der Waals surface area contributed by atoms with Gasteiger partial charge in [-0.3, -0.25) is 4.79 Å². The number of rotatable bonds is 14. The molecule has 0 bridgehead atoms. The number of methoxy groups -OCH3 is 1. The third-order valence-corrected chi connectivity index (χ3v) is 15.0. The number of aromatic amines is 1. The largest absolute Gasteiger partial charge is 0.465 e. The summed E-state index contributed by atoms with van der Waals surface area (Å²) in [6, 6.07) is 14.0. The van der Waals surface area contributed by atoms with Gasteiger partial charge in [0.15, 0.2) is 18.2 Å². The summed E-state index contributed by atoms with van der Waals surface area (Å²) in [6.45, 7) is 13.2. The van der Waals surface area contributed by atoms with Crippen LogP contribution in [0.15, 0.2) is 59.5 Å². The van der Waals surface area contributed by atoms with Crippen LogP contribution in [0.2, 0.25) is 16.6 Å². The van der Waals surface area contributed by atoms with Gasteiger partial charge in [0.25, 0.3) is 5.91 Å². The summed E-state index contributed by atoms with van der Waals surface area (Å²) in [4.78, 5) is 28.5. The molecule has 3 rings (SSSR count). The molecule has 0 aliphatic heterocycles. The fourth-order valence-corrected chi connectivity index (χ4v) is 11.9. The van der Waals surface area contributed by atoms with Gasteiger partial charge in [0.2, 0.25) is 0 Å². The predicted molar refractivity (Wildman–Crippen MR) is 173 cm³/mol. The number of nitrogens with one attached hydrogen (secondary N) is 2. The highest BCUT2D eigenvalue weighted by Crippen LogP contribution is 2.42. The molecule has 0 unspecified atom stereocenters. The van der Waals surface area contributed by atoms with Crippen molar-refractivity contribution in [2.45, 2.75) is 69.2 Å². The standard InChI is InChI=1S/C32H44N2O8SSi/c1-20(2)44(21(3)4,22(5)6)41-19-25(35)18-33-31(36)30-14-13-29(34-30)23-15-24(32(37)40-7)17-27(16-23)42-26-9-11-28(12-10-26)43(8,38)39/h9-17,20-22,25,34-35H,18-19H2,1-8H3,(H,33,36)/t25-/m0/s1. The molecule has 240 valence electrons. The predicted octanol–water partition coefficient (Wildman–Crippen LogP) is 5.95. The van der Waals surface area contributed by atoms with E-state index in [1.165, 1.54) is 37.4 Å². The molecular formula is C32H44N2O8SSi. The van der Waals surface area contributed by atoms with Crippen LogP contribution < -0.4 is 10.1 Å². The molecule has 10 nitrogen and oxygen atoms in total. The van der Waals surface area contributed by atoms with E-state index < -0.39 is 36.1 Å². The van der Waals surface area contributed by atoms with Gasteiger partial charge in [0.05, 0.1) is 30.3 Å². The lowest BCUT2D eigenvalue weighted by Crippen LogP contribution is -2.50. The van der Waals surface area contributed by atoms with E-state index in [2.05, 4.69) is 51.8 Å². The van der Waals surface area contributed by atoms with Crippen LogP contribution in [-0.4, -0.2) is 71.3 Å². The summed E-state index contributed by atoms with van der Waals surface area (Å²) in [5.41, 5.74) is 2.73. The van der Waals surface area contributed by atoms with Gasteiger partial charge in [-0.15, -0.1) is 0 Å². The van der Waals surface area contributed by atoms with E-state index in [0.29, 0.717) is 39.4 Å². The first kappa shape index (κ1) is 35.0. The van der Waals surface area contributed by atoms with Gasteiger partial charge in [-0.05, 0) is 71.2 Å². The van der Waals surface area contributed by atoms with Crippen LogP contribution in [0.1, 0.15) is 62.4 Å². The topological polar surface area (TPSA) is 144 Å². The van der Waals surface area contributed by atoms with Crippen LogP contribution in [0, 0.1) is 0 Å². The van der Waals surface area contributed by atoms with E-state index in [-0.39, 0.29) is 29.3 Å². The minimum absolute atomic E-state index is 0.0277. The molecule has 0 saturated carbocycles. The second-order valence-corrected chi connectivity index (χ2v) is 19.3. The first-order valence-corrected chi connectivity index (χ1v) is 18.6. The minimum atomic E-state index is -3.36. The van der Waals surface area contributed by atoms with E-state index in [1.807, 2.05) is 0 Å². The number of aromatic nitrogens is 1. The average molecular weight is 645 g/mol. The SMILES string of the molecule is COC(=O)c1cc(Oc2ccc(S(C)(=O)=O)cc2)cc(-c2ccc(C(=O)NC[C@H](O)CO[Si](C(C)C)(C(C)C)C(C)C)[nH]2)c1. The molecule has 2 aromatic carbocycles. The van der Waals surface area contributed by atoms with Gasteiger partial charge in [0, 0.05) is 24.1 Å². The van der Waals surface area contributed by atoms with E-state index in [4.69, 9.17) is 13.9 Å². The number of carbonyl (C=O) groups is 2. The smallest absolute Gasteiger partial charge is 0.338 e. The molecule has 12 heteroatoms. The van der Waals surface area contributed by atoms with Crippen LogP contribution in [0.3, 0.4) is 0 Å². The number of hydrogen-bond acceptors (Lipinski definition) is 8. The second-order valence-electron chi connectivity index (χ2n) is 11.9. The lowest BCUT2D eigenvalue weighted by molar-refractivity contribution is 0.0600. The van der Waals surface area contributed by atoms with Gasteiger partial charge in [-0.2, -0.15) is 0 Å². The van der Waals surface area contributed by atoms with Gasteiger partial charge >= 0.3 is 5.97 Å². The molecule has 0 spiro atoms. The average Bonchev–Trinajstić information content (AvgIpc) is 3.45. The van der Waals surface area contributed by atoms with E-state index in [0.717, 1.165) is 6.26 Å². The zero-order valence-corrected chi connectivity index (χ0v) is 28.4. The highest BCUT2D eigenvalue weighted by atomic mass is 32.2. The summed E-state index contributed by atoms with van der Waals surface area (Å²) in [5, 5.41) is 13.4. The molecule has 0 aliphatic carbocycles. The molecule has 3 aromatic rings. The first-order chi connectivity index (χ1) is 20.6. The van der Waals surface area contributed by atoms with Crippen molar-refractivity contribution in [3.63, 3.8) is 0 Å². The molecule has 44 heavy (non-hydrogen) atoms. The van der Waals surface area contributed by atoms with Crippen LogP contribution in [-0.2, 0) is 19.0 Å². The lowest BCUT2D eigenvalue weighted by atomic mass is 10.1. The fraction of sp³-hybridized carbons (Fsp3) is 0.438. The third kappa shape index (κ3) is 8.38. The molecule has 1 amide bonds. The number of ether oxygens (including phenoxy) is 2. The Balaban J connectivity index is 1.73. The maximum absolute atomic E-state index is 12.9. The summed E-state index contributed by atoms with van der Waals surface area (Å²) in [6.07, 6.45) is 0.259. The number of carbonyl (C=O) groups excluding carboxylic acids is 2. The van der Waals surface area contributed by atoms with Crippen molar-refractivity contribution in [2.75, 3.05) is 26.5 Å².